The van der Waals surface area contributed by atoms with Crippen LogP contribution in [0.25, 0.3) is 6.08 Å². The van der Waals surface area contributed by atoms with E-state index in [9.17, 15) is 19.7 Å². The number of carbonyl (C=O) groups excluding carboxylic acids is 1. The van der Waals surface area contributed by atoms with Crippen LogP contribution in [-0.2, 0) is 16.1 Å². The minimum atomic E-state index is -0.948. The fraction of sp³-hybridized carbons (Fsp3) is 0.194. The number of aryl methyl sites for hydroxylation is 1. The second-order valence-corrected chi connectivity index (χ2v) is 11.0. The summed E-state index contributed by atoms with van der Waals surface area (Å²) in [6.45, 7) is 5.45. The van der Waals surface area contributed by atoms with Crippen molar-refractivity contribution >= 4 is 40.7 Å². The Bertz CT molecular complexity index is 1910. The maximum atomic E-state index is 13.9. The maximum Gasteiger partial charge on any atom is 0.338 e. The van der Waals surface area contributed by atoms with E-state index in [4.69, 9.17) is 21.1 Å². The number of carbonyl (C=O) groups is 1. The lowest BCUT2D eigenvalue weighted by Gasteiger charge is -2.24. The number of benzene rings is 3. The van der Waals surface area contributed by atoms with Gasteiger partial charge in [-0.15, -0.1) is 0 Å². The monoisotopic (exact) mass is 603 g/mol. The lowest BCUT2D eigenvalue weighted by Crippen LogP contribution is -2.40. The number of allylic oxidation sites excluding steroid dienone is 1. The lowest BCUT2D eigenvalue weighted by atomic mass is 9.94. The van der Waals surface area contributed by atoms with Gasteiger partial charge in [-0.2, -0.15) is 0 Å². The molecule has 11 heteroatoms. The van der Waals surface area contributed by atoms with Gasteiger partial charge in [-0.25, -0.2) is 9.79 Å². The first-order valence-electron chi connectivity index (χ1n) is 13.1. The van der Waals surface area contributed by atoms with Gasteiger partial charge in [0.1, 0.15) is 12.4 Å². The molecule has 4 aromatic rings. The van der Waals surface area contributed by atoms with Gasteiger partial charge < -0.3 is 9.47 Å². The van der Waals surface area contributed by atoms with E-state index in [0.29, 0.717) is 43.5 Å². The zero-order valence-electron chi connectivity index (χ0n) is 23.0. The molecular weight excluding hydrogens is 578 g/mol. The summed E-state index contributed by atoms with van der Waals surface area (Å²) in [5.41, 5.74) is 2.62. The molecule has 0 amide bonds. The number of halogens is 1. The quantitative estimate of drug-likeness (QED) is 0.154. The van der Waals surface area contributed by atoms with Crippen molar-refractivity contribution in [3.05, 3.63) is 135 Å². The molecule has 0 bridgehead atoms. The molecule has 2 heterocycles. The lowest BCUT2D eigenvalue weighted by molar-refractivity contribution is -0.385. The van der Waals surface area contributed by atoms with Crippen LogP contribution in [0, 0.1) is 17.0 Å². The van der Waals surface area contributed by atoms with Crippen molar-refractivity contribution in [2.75, 3.05) is 6.61 Å². The predicted molar refractivity (Wildman–Crippen MR) is 160 cm³/mol. The van der Waals surface area contributed by atoms with Crippen molar-refractivity contribution in [1.29, 1.82) is 0 Å². The molecule has 5 rings (SSSR count). The van der Waals surface area contributed by atoms with Gasteiger partial charge in [-0.1, -0.05) is 59.3 Å². The average molecular weight is 604 g/mol. The van der Waals surface area contributed by atoms with Crippen LogP contribution in [0.15, 0.2) is 87.8 Å². The van der Waals surface area contributed by atoms with E-state index in [0.717, 1.165) is 11.1 Å². The molecule has 0 saturated carbocycles. The van der Waals surface area contributed by atoms with Crippen molar-refractivity contribution in [2.45, 2.75) is 33.4 Å². The molecule has 1 atom stereocenters. The Morgan fingerprint density at radius 3 is 2.62 bits per heavy atom. The standard InChI is InChI=1S/C31H26ClN3O6S/c1-4-40-30(37)27-19(3)33-31-34(28(27)22-11-8-18(2)25(16-22)35(38)39)29(36)26(42-31)15-21-6-5-7-24(14-21)41-17-20-9-12-23(32)13-10-20/h5-16,28H,4,17H2,1-3H3/b26-15+/t28-/m1/s1. The van der Waals surface area contributed by atoms with Crippen LogP contribution < -0.4 is 19.6 Å². The van der Waals surface area contributed by atoms with Gasteiger partial charge >= 0.3 is 5.97 Å². The van der Waals surface area contributed by atoms with Gasteiger partial charge in [-0.3, -0.25) is 19.5 Å². The smallest absolute Gasteiger partial charge is 0.338 e. The number of hydrogen-bond acceptors (Lipinski definition) is 8. The summed E-state index contributed by atoms with van der Waals surface area (Å²) in [7, 11) is 0. The number of nitro benzene ring substituents is 1. The summed E-state index contributed by atoms with van der Waals surface area (Å²) in [6.07, 6.45) is 1.73. The highest BCUT2D eigenvalue weighted by molar-refractivity contribution is 7.07. The molecule has 1 aliphatic heterocycles. The maximum absolute atomic E-state index is 13.9. The first-order valence-corrected chi connectivity index (χ1v) is 14.3. The predicted octanol–water partition coefficient (Wildman–Crippen LogP) is 5.25. The minimum Gasteiger partial charge on any atom is -0.489 e. The van der Waals surface area contributed by atoms with Crippen LogP contribution in [0.5, 0.6) is 5.75 Å². The number of esters is 1. The number of fused-ring (bicyclic) bond motifs is 1. The van der Waals surface area contributed by atoms with E-state index >= 15 is 0 Å². The van der Waals surface area contributed by atoms with Gasteiger partial charge in [0.05, 0.1) is 33.4 Å². The van der Waals surface area contributed by atoms with Crippen molar-refractivity contribution in [1.82, 2.24) is 4.57 Å². The molecule has 0 unspecified atom stereocenters. The third-order valence-electron chi connectivity index (χ3n) is 6.74. The average Bonchev–Trinajstić information content (AvgIpc) is 3.26. The number of thiazole rings is 1. The molecule has 42 heavy (non-hydrogen) atoms. The Kier molecular flexibility index (Phi) is 8.37. The molecule has 9 nitrogen and oxygen atoms in total. The van der Waals surface area contributed by atoms with Crippen molar-refractivity contribution in [2.24, 2.45) is 4.99 Å². The molecule has 214 valence electrons. The first-order chi connectivity index (χ1) is 20.2. The zero-order chi connectivity index (χ0) is 30.0. The molecule has 0 saturated heterocycles. The second kappa shape index (κ2) is 12.1. The van der Waals surface area contributed by atoms with Gasteiger partial charge in [0.2, 0.25) is 0 Å². The summed E-state index contributed by atoms with van der Waals surface area (Å²) < 4.78 is 13.0. The van der Waals surface area contributed by atoms with E-state index in [2.05, 4.69) is 4.99 Å². The van der Waals surface area contributed by atoms with Crippen LogP contribution in [0.4, 0.5) is 5.69 Å². The molecule has 0 N–H and O–H groups in total. The Balaban J connectivity index is 1.57. The highest BCUT2D eigenvalue weighted by Gasteiger charge is 2.34. The summed E-state index contributed by atoms with van der Waals surface area (Å²) in [5, 5.41) is 12.4. The molecule has 0 spiro atoms. The van der Waals surface area contributed by atoms with Crippen LogP contribution in [0.1, 0.15) is 42.1 Å². The topological polar surface area (TPSA) is 113 Å². The second-order valence-electron chi connectivity index (χ2n) is 9.59. The summed E-state index contributed by atoms with van der Waals surface area (Å²) in [5.74, 6) is -0.0106. The first kappa shape index (κ1) is 29.0. The number of rotatable bonds is 8. The highest BCUT2D eigenvalue weighted by atomic mass is 35.5. The molecule has 0 aliphatic carbocycles. The van der Waals surface area contributed by atoms with E-state index in [1.165, 1.54) is 22.0 Å². The van der Waals surface area contributed by atoms with E-state index in [-0.39, 0.29) is 23.4 Å². The fourth-order valence-electron chi connectivity index (χ4n) is 4.69. The number of hydrogen-bond donors (Lipinski definition) is 0. The van der Waals surface area contributed by atoms with Crippen molar-refractivity contribution in [3.63, 3.8) is 0 Å². The molecular formula is C31H26ClN3O6S. The molecule has 1 aliphatic rings. The minimum absolute atomic E-state index is 0.108. The van der Waals surface area contributed by atoms with Gasteiger partial charge in [0.25, 0.3) is 11.2 Å². The number of ether oxygens (including phenoxy) is 2. The Morgan fingerprint density at radius 1 is 1.14 bits per heavy atom. The number of nitro groups is 1. The Hall–Kier alpha value is -4.54. The Morgan fingerprint density at radius 2 is 1.90 bits per heavy atom. The highest BCUT2D eigenvalue weighted by Crippen LogP contribution is 2.33. The van der Waals surface area contributed by atoms with Gasteiger partial charge in [-0.05, 0) is 67.8 Å². The molecule has 3 aromatic carbocycles. The van der Waals surface area contributed by atoms with E-state index in [1.807, 2.05) is 36.4 Å². The third-order valence-corrected chi connectivity index (χ3v) is 7.97. The third kappa shape index (κ3) is 5.90. The Labute approximate surface area is 249 Å². The number of aromatic nitrogens is 1. The van der Waals surface area contributed by atoms with Crippen LogP contribution in [0.2, 0.25) is 5.02 Å². The summed E-state index contributed by atoms with van der Waals surface area (Å²) >= 11 is 7.13. The van der Waals surface area contributed by atoms with Crippen molar-refractivity contribution in [3.8, 4) is 5.75 Å². The summed E-state index contributed by atoms with van der Waals surface area (Å²) in [6, 6.07) is 18.4. The SMILES string of the molecule is CCOC(=O)C1=C(C)N=c2s/c(=C/c3cccc(OCc4ccc(Cl)cc4)c3)c(=O)n2[C@@H]1c1ccc(C)c([N+](=O)[O-])c1. The van der Waals surface area contributed by atoms with Crippen LogP contribution in [0.3, 0.4) is 0 Å². The molecule has 0 fully saturated rings. The molecule has 1 aromatic heterocycles. The van der Waals surface area contributed by atoms with Crippen LogP contribution >= 0.6 is 22.9 Å². The fourth-order valence-corrected chi connectivity index (χ4v) is 5.87. The van der Waals surface area contributed by atoms with Gasteiger partial charge in [0.15, 0.2) is 4.80 Å². The largest absolute Gasteiger partial charge is 0.489 e. The molecule has 0 radical (unpaired) electrons. The normalized spacial score (nSPS) is 14.8. The van der Waals surface area contributed by atoms with E-state index < -0.39 is 16.9 Å². The zero-order valence-corrected chi connectivity index (χ0v) is 24.6. The van der Waals surface area contributed by atoms with Crippen LogP contribution in [-0.4, -0.2) is 22.1 Å². The summed E-state index contributed by atoms with van der Waals surface area (Å²) in [4.78, 5) is 43.2. The van der Waals surface area contributed by atoms with Gasteiger partial charge in [0, 0.05) is 16.7 Å². The van der Waals surface area contributed by atoms with E-state index in [1.54, 1.807) is 51.1 Å². The number of nitrogens with zero attached hydrogens (tertiary/aromatic N) is 3. The van der Waals surface area contributed by atoms with Crippen molar-refractivity contribution < 1.29 is 19.2 Å².